The molecule has 3 atom stereocenters. The van der Waals surface area contributed by atoms with Crippen LogP contribution in [0, 0.1) is 5.92 Å². The molecule has 0 spiro atoms. The number of nitrogens with zero attached hydrogens (tertiary/aromatic N) is 2. The molecule has 3 amide bonds. The highest BCUT2D eigenvalue weighted by atomic mass is 16.6. The maximum Gasteiger partial charge on any atom is 0.409 e. The summed E-state index contributed by atoms with van der Waals surface area (Å²) in [5.74, 6) is -0.365. The van der Waals surface area contributed by atoms with Crippen molar-refractivity contribution in [3.8, 4) is 0 Å². The fourth-order valence-electron chi connectivity index (χ4n) is 2.95. The Bertz CT molecular complexity index is 724. The van der Waals surface area contributed by atoms with Crippen LogP contribution >= 0.6 is 0 Å². The third-order valence-corrected chi connectivity index (χ3v) is 4.64. The lowest BCUT2D eigenvalue weighted by Gasteiger charge is -2.31. The van der Waals surface area contributed by atoms with E-state index in [1.54, 1.807) is 33.2 Å². The van der Waals surface area contributed by atoms with E-state index < -0.39 is 24.4 Å². The normalized spacial score (nSPS) is 17.6. The van der Waals surface area contributed by atoms with E-state index in [1.165, 1.54) is 4.90 Å². The van der Waals surface area contributed by atoms with Crippen LogP contribution in [0.3, 0.4) is 0 Å². The molecule has 0 bridgehead atoms. The Morgan fingerprint density at radius 1 is 1.32 bits per heavy atom. The lowest BCUT2D eigenvalue weighted by Crippen LogP contribution is -2.56. The maximum atomic E-state index is 13.4. The first kappa shape index (κ1) is 21.6. The van der Waals surface area contributed by atoms with Crippen LogP contribution in [0.5, 0.6) is 0 Å². The molecule has 9 nitrogen and oxygen atoms in total. The quantitative estimate of drug-likeness (QED) is 0.634. The highest BCUT2D eigenvalue weighted by Gasteiger charge is 2.41. The molecular formula is C19H29N5O4. The van der Waals surface area contributed by atoms with Gasteiger partial charge in [-0.3, -0.25) is 14.5 Å². The minimum Gasteiger partial charge on any atom is -0.425 e. The van der Waals surface area contributed by atoms with Crippen LogP contribution in [0.4, 0.5) is 10.6 Å². The molecule has 0 saturated carbocycles. The number of hydrogen-bond acceptors (Lipinski definition) is 6. The van der Waals surface area contributed by atoms with Crippen LogP contribution in [-0.4, -0.2) is 54.8 Å². The molecule has 2 rings (SSSR count). The Labute approximate surface area is 165 Å². The number of alkyl carbamates (subject to hydrolysis) is 1. The Morgan fingerprint density at radius 3 is 2.64 bits per heavy atom. The zero-order chi connectivity index (χ0) is 20.8. The summed E-state index contributed by atoms with van der Waals surface area (Å²) in [6.45, 7) is 7.61. The van der Waals surface area contributed by atoms with E-state index in [4.69, 9.17) is 4.74 Å². The molecule has 9 heteroatoms. The molecule has 28 heavy (non-hydrogen) atoms. The summed E-state index contributed by atoms with van der Waals surface area (Å²) in [7, 11) is 1.67. The van der Waals surface area contributed by atoms with Gasteiger partial charge in [-0.05, 0) is 32.9 Å². The van der Waals surface area contributed by atoms with E-state index in [1.807, 2.05) is 19.9 Å². The summed E-state index contributed by atoms with van der Waals surface area (Å²) in [5, 5.41) is 8.22. The number of anilines is 1. The number of nitrogens with one attached hydrogen (secondary N) is 3. The summed E-state index contributed by atoms with van der Waals surface area (Å²) < 4.78 is 5.46. The van der Waals surface area contributed by atoms with Gasteiger partial charge in [0.2, 0.25) is 5.91 Å². The van der Waals surface area contributed by atoms with E-state index in [0.717, 1.165) is 5.56 Å². The van der Waals surface area contributed by atoms with E-state index in [-0.39, 0.29) is 17.7 Å². The number of likely N-dealkylation sites (N-methyl/N-ethyl adjacent to an activating group) is 1. The van der Waals surface area contributed by atoms with Crippen molar-refractivity contribution >= 4 is 23.7 Å². The summed E-state index contributed by atoms with van der Waals surface area (Å²) in [5.41, 5.74) is 0.808. The van der Waals surface area contributed by atoms with Gasteiger partial charge in [0.25, 0.3) is 5.91 Å². The third-order valence-electron chi connectivity index (χ3n) is 4.64. The predicted molar refractivity (Wildman–Crippen MR) is 105 cm³/mol. The minimum atomic E-state index is -0.816. The lowest BCUT2D eigenvalue weighted by molar-refractivity contribution is -0.130. The van der Waals surface area contributed by atoms with Crippen molar-refractivity contribution in [1.82, 2.24) is 20.9 Å². The Kier molecular flexibility index (Phi) is 7.33. The van der Waals surface area contributed by atoms with Crippen LogP contribution in [-0.2, 0) is 20.7 Å². The molecule has 1 aromatic rings. The molecule has 0 radical (unpaired) electrons. The summed E-state index contributed by atoms with van der Waals surface area (Å²) >= 11 is 0. The summed E-state index contributed by atoms with van der Waals surface area (Å²) in [6.07, 6.45) is 0.507. The molecule has 2 heterocycles. The van der Waals surface area contributed by atoms with Crippen LogP contribution in [0.25, 0.3) is 0 Å². The van der Waals surface area contributed by atoms with Gasteiger partial charge in [0, 0.05) is 24.7 Å². The fourth-order valence-corrected chi connectivity index (χ4v) is 2.95. The van der Waals surface area contributed by atoms with Gasteiger partial charge in [-0.15, -0.1) is 0 Å². The number of fused-ring (bicyclic) bond motifs is 1. The predicted octanol–water partition coefficient (Wildman–Crippen LogP) is 0.792. The second-order valence-corrected chi connectivity index (χ2v) is 7.03. The van der Waals surface area contributed by atoms with Crippen LogP contribution < -0.4 is 20.9 Å². The van der Waals surface area contributed by atoms with Gasteiger partial charge in [0.15, 0.2) is 6.23 Å². The molecule has 1 aliphatic heterocycles. The van der Waals surface area contributed by atoms with E-state index in [9.17, 15) is 14.4 Å². The van der Waals surface area contributed by atoms with Gasteiger partial charge >= 0.3 is 6.09 Å². The number of rotatable bonds is 7. The molecule has 0 fully saturated rings. The maximum absolute atomic E-state index is 13.4. The van der Waals surface area contributed by atoms with Crippen LogP contribution in [0.15, 0.2) is 18.3 Å². The Morgan fingerprint density at radius 2 is 2.04 bits per heavy atom. The molecule has 0 unspecified atom stereocenters. The Hall–Kier alpha value is -2.68. The highest BCUT2D eigenvalue weighted by Crippen LogP contribution is 2.31. The summed E-state index contributed by atoms with van der Waals surface area (Å²) in [6, 6.07) is 2.39. The third kappa shape index (κ3) is 4.78. The molecule has 1 aromatic heterocycles. The van der Waals surface area contributed by atoms with E-state index in [0.29, 0.717) is 18.8 Å². The standard InChI is InChI=1S/C19H29N5O4/c1-6-21-19(27)28-14-10-13-8-7-9-22-16(13)24(14)18(26)15(11(2)3)23-17(25)12(4)20-5/h7-9,11-12,14-15,20H,6,10H2,1-5H3,(H,21,27)(H,23,25)/t12-,14+,15-/m0/s1. The van der Waals surface area contributed by atoms with Crippen LogP contribution in [0.2, 0.25) is 0 Å². The molecule has 1 aliphatic rings. The fraction of sp³-hybridized carbons (Fsp3) is 0.579. The van der Waals surface area contributed by atoms with Crippen molar-refractivity contribution in [3.05, 3.63) is 23.9 Å². The van der Waals surface area contributed by atoms with Crippen LogP contribution in [0.1, 0.15) is 33.3 Å². The molecule has 0 aliphatic carbocycles. The SMILES string of the molecule is CCNC(=O)O[C@@H]1Cc2cccnc2N1C(=O)[C@@H](NC(=O)[C@H](C)NC)C(C)C. The van der Waals surface area contributed by atoms with Crippen molar-refractivity contribution in [3.63, 3.8) is 0 Å². The van der Waals surface area contributed by atoms with Crippen molar-refractivity contribution in [2.75, 3.05) is 18.5 Å². The first-order chi connectivity index (χ1) is 13.3. The number of ether oxygens (including phenoxy) is 1. The average Bonchev–Trinajstić information content (AvgIpc) is 3.02. The van der Waals surface area contributed by atoms with Crippen molar-refractivity contribution in [2.24, 2.45) is 5.92 Å². The number of carbonyl (C=O) groups is 3. The first-order valence-electron chi connectivity index (χ1n) is 9.49. The average molecular weight is 391 g/mol. The number of aromatic nitrogens is 1. The monoisotopic (exact) mass is 391 g/mol. The molecule has 154 valence electrons. The number of hydrogen-bond donors (Lipinski definition) is 3. The van der Waals surface area contributed by atoms with Crippen molar-refractivity contribution in [2.45, 2.75) is 52.4 Å². The largest absolute Gasteiger partial charge is 0.425 e. The topological polar surface area (TPSA) is 113 Å². The second kappa shape index (κ2) is 9.50. The smallest absolute Gasteiger partial charge is 0.409 e. The molecule has 0 saturated heterocycles. The first-order valence-corrected chi connectivity index (χ1v) is 9.49. The highest BCUT2D eigenvalue weighted by molar-refractivity contribution is 6.01. The van der Waals surface area contributed by atoms with Gasteiger partial charge in [0.1, 0.15) is 11.9 Å². The van der Waals surface area contributed by atoms with Gasteiger partial charge < -0.3 is 20.7 Å². The van der Waals surface area contributed by atoms with E-state index >= 15 is 0 Å². The number of pyridine rings is 1. The van der Waals surface area contributed by atoms with Gasteiger partial charge in [0.05, 0.1) is 6.04 Å². The van der Waals surface area contributed by atoms with E-state index in [2.05, 4.69) is 20.9 Å². The molecule has 3 N–H and O–H groups in total. The van der Waals surface area contributed by atoms with Crippen molar-refractivity contribution in [1.29, 1.82) is 0 Å². The zero-order valence-corrected chi connectivity index (χ0v) is 17.0. The molecular weight excluding hydrogens is 362 g/mol. The summed E-state index contributed by atoms with van der Waals surface area (Å²) in [4.78, 5) is 43.4. The number of carbonyl (C=O) groups excluding carboxylic acids is 3. The van der Waals surface area contributed by atoms with Crippen molar-refractivity contribution < 1.29 is 19.1 Å². The minimum absolute atomic E-state index is 0.168. The Balaban J connectivity index is 2.30. The van der Waals surface area contributed by atoms with Gasteiger partial charge in [-0.1, -0.05) is 19.9 Å². The lowest BCUT2D eigenvalue weighted by atomic mass is 10.0. The van der Waals surface area contributed by atoms with Gasteiger partial charge in [-0.25, -0.2) is 9.78 Å². The zero-order valence-electron chi connectivity index (χ0n) is 17.0. The molecule has 0 aromatic carbocycles. The van der Waals surface area contributed by atoms with Gasteiger partial charge in [-0.2, -0.15) is 0 Å². The second-order valence-electron chi connectivity index (χ2n) is 7.03. The number of amides is 3.